The lowest BCUT2D eigenvalue weighted by Gasteiger charge is -2.41. The van der Waals surface area contributed by atoms with Crippen LogP contribution >= 0.6 is 0 Å². The van der Waals surface area contributed by atoms with Gasteiger partial charge in [-0.3, -0.25) is 24.0 Å². The number of benzene rings is 1. The highest BCUT2D eigenvalue weighted by atomic mass is 28.4. The second kappa shape index (κ2) is 24.6. The molecule has 10 atom stereocenters. The molecule has 1 aliphatic rings. The summed E-state index contributed by atoms with van der Waals surface area (Å²) in [6, 6.07) is 8.42. The lowest BCUT2D eigenvalue weighted by Crippen LogP contribution is -2.54. The summed E-state index contributed by atoms with van der Waals surface area (Å²) in [5, 5.41) is 10.9. The van der Waals surface area contributed by atoms with Gasteiger partial charge in [-0.1, -0.05) is 92.1 Å². The van der Waals surface area contributed by atoms with Crippen LogP contribution in [-0.2, 0) is 33.4 Å². The van der Waals surface area contributed by atoms with E-state index in [9.17, 15) is 33.9 Å². The molecule has 1 heterocycles. The highest BCUT2D eigenvalue weighted by Crippen LogP contribution is 2.33. The lowest BCUT2D eigenvalue weighted by molar-refractivity contribution is -0.149. The third-order valence-electron chi connectivity index (χ3n) is 13.1. The van der Waals surface area contributed by atoms with Crippen molar-refractivity contribution in [3.63, 3.8) is 0 Å². The molecular weight excluding hydrogens is 779 g/mol. The van der Waals surface area contributed by atoms with E-state index in [2.05, 4.69) is 0 Å². The Hall–Kier alpha value is -2.97. The molecule has 0 aliphatic carbocycles. The molecule has 60 heavy (non-hydrogen) atoms. The molecule has 0 radical (unpaired) electrons. The molecule has 0 spiro atoms. The topological polar surface area (TPSA) is 154 Å². The van der Waals surface area contributed by atoms with E-state index < -0.39 is 50.5 Å². The molecule has 0 bridgehead atoms. The van der Waals surface area contributed by atoms with Crippen LogP contribution in [0.3, 0.4) is 0 Å². The zero-order chi connectivity index (χ0) is 45.6. The van der Waals surface area contributed by atoms with E-state index in [1.165, 1.54) is 4.90 Å². The van der Waals surface area contributed by atoms with Gasteiger partial charge in [0, 0.05) is 66.0 Å². The van der Waals surface area contributed by atoms with Gasteiger partial charge < -0.3 is 34.1 Å². The van der Waals surface area contributed by atoms with Gasteiger partial charge in [0.1, 0.15) is 5.78 Å². The van der Waals surface area contributed by atoms with Crippen molar-refractivity contribution in [2.75, 3.05) is 34.9 Å². The fraction of sp³-hybridized carbons (Fsp3) is 0.766. The van der Waals surface area contributed by atoms with Gasteiger partial charge in [0.2, 0.25) is 17.7 Å². The molecule has 0 unspecified atom stereocenters. The number of likely N-dealkylation sites (N-methyl/N-ethyl adjacent to an activating group) is 2. The largest absolute Gasteiger partial charge is 0.432 e. The second-order valence-electron chi connectivity index (χ2n) is 19.0. The Morgan fingerprint density at radius 2 is 1.47 bits per heavy atom. The Balaban J connectivity index is 2.26. The molecule has 342 valence electrons. The van der Waals surface area contributed by atoms with Crippen molar-refractivity contribution in [1.82, 2.24) is 14.7 Å². The summed E-state index contributed by atoms with van der Waals surface area (Å²) in [4.78, 5) is 85.1. The molecule has 13 heteroatoms. The van der Waals surface area contributed by atoms with E-state index in [-0.39, 0.29) is 84.7 Å². The molecule has 3 amide bonds. The van der Waals surface area contributed by atoms with Crippen molar-refractivity contribution in [3.8, 4) is 0 Å². The van der Waals surface area contributed by atoms with Crippen molar-refractivity contribution >= 4 is 37.6 Å². The van der Waals surface area contributed by atoms with Crippen LogP contribution in [0.1, 0.15) is 118 Å². The minimum absolute atomic E-state index is 0.0161. The van der Waals surface area contributed by atoms with Gasteiger partial charge in [0.15, 0.2) is 14.1 Å². The van der Waals surface area contributed by atoms with Crippen LogP contribution in [0.25, 0.3) is 0 Å². The first kappa shape index (κ1) is 53.2. The molecule has 0 saturated carbocycles. The summed E-state index contributed by atoms with van der Waals surface area (Å²) in [5.74, 6) is -2.58. The lowest BCUT2D eigenvalue weighted by atomic mass is 9.83. The van der Waals surface area contributed by atoms with Gasteiger partial charge in [-0.15, -0.1) is 0 Å². The van der Waals surface area contributed by atoms with Crippen molar-refractivity contribution < 1.29 is 43.3 Å². The third kappa shape index (κ3) is 14.8. The average molecular weight is 860 g/mol. The summed E-state index contributed by atoms with van der Waals surface area (Å²) < 4.78 is 12.1. The Labute approximate surface area is 363 Å². The number of aliphatic hydroxyl groups is 1. The number of Topliss-reactive ketones (excluding diaryl/α,β-unsaturated/α-hetero) is 2. The molecule has 1 aromatic rings. The van der Waals surface area contributed by atoms with Crippen LogP contribution in [0.4, 0.5) is 0 Å². The van der Waals surface area contributed by atoms with Crippen molar-refractivity contribution in [3.05, 3.63) is 35.9 Å². The normalized spacial score (nSPS) is 19.2. The number of carbonyl (C=O) groups is 5. The van der Waals surface area contributed by atoms with Crippen LogP contribution in [0.2, 0.25) is 19.1 Å². The molecular formula is C47H81N3O9Si. The summed E-state index contributed by atoms with van der Waals surface area (Å²) >= 11 is 0. The quantitative estimate of drug-likeness (QED) is 0.0945. The van der Waals surface area contributed by atoms with E-state index in [0.29, 0.717) is 25.4 Å². The van der Waals surface area contributed by atoms with Gasteiger partial charge in [0.25, 0.3) is 0 Å². The smallest absolute Gasteiger partial charge is 0.226 e. The molecule has 12 nitrogen and oxygen atoms in total. The molecule has 1 fully saturated rings. The highest BCUT2D eigenvalue weighted by Gasteiger charge is 2.43. The molecule has 2 rings (SSSR count). The number of likely N-dealkylation sites (tertiary alicyclic amines) is 1. The number of ether oxygens (including phenoxy) is 2. The van der Waals surface area contributed by atoms with E-state index >= 15 is 0 Å². The Kier molecular flexibility index (Phi) is 21.8. The molecule has 0 aromatic heterocycles. The maximum absolute atomic E-state index is 14.6. The molecule has 1 aromatic carbocycles. The number of rotatable bonds is 26. The summed E-state index contributed by atoms with van der Waals surface area (Å²) in [5.41, 5.74) is 0.762. The Morgan fingerprint density at radius 3 is 1.98 bits per heavy atom. The zero-order valence-electron chi connectivity index (χ0n) is 39.5. The van der Waals surface area contributed by atoms with Crippen LogP contribution in [-0.4, -0.2) is 127 Å². The summed E-state index contributed by atoms with van der Waals surface area (Å²) in [7, 11) is 4.22. The van der Waals surface area contributed by atoms with E-state index in [0.717, 1.165) is 18.4 Å². The standard InChI is InChI=1S/C47H81N3O9Si/c1-15-32(6)44(49(10)47(56)36(30(2)3)28-39(52)43(31(4)5)48(9)41(53)24-20-26-60(13,14)57)40(58-11)29-42(54)50-25-19-23-37(50)46(59-12)34(8)38(51)27-33(7)45(55)35-21-17-16-18-22-35/h16-18,21-22,30-34,36-37,40,43-46,55,57H,15,19-20,23-29H2,1-14H3/t32-,33-,34-,36-,37-,40+,43-,44-,45+,46+/m0/s1. The van der Waals surface area contributed by atoms with Crippen molar-refractivity contribution in [1.29, 1.82) is 0 Å². The predicted molar refractivity (Wildman–Crippen MR) is 239 cm³/mol. The van der Waals surface area contributed by atoms with Crippen molar-refractivity contribution in [2.24, 2.45) is 35.5 Å². The summed E-state index contributed by atoms with van der Waals surface area (Å²) in [6.45, 7) is 19.7. The van der Waals surface area contributed by atoms with Crippen LogP contribution in [0.5, 0.6) is 0 Å². The maximum Gasteiger partial charge on any atom is 0.226 e. The number of hydrogen-bond acceptors (Lipinski definition) is 9. The zero-order valence-corrected chi connectivity index (χ0v) is 40.5. The van der Waals surface area contributed by atoms with Gasteiger partial charge in [-0.2, -0.15) is 0 Å². The van der Waals surface area contributed by atoms with Crippen LogP contribution < -0.4 is 0 Å². The van der Waals surface area contributed by atoms with E-state index in [1.807, 2.05) is 104 Å². The Bertz CT molecular complexity index is 1520. The van der Waals surface area contributed by atoms with Crippen LogP contribution in [0, 0.1) is 35.5 Å². The second-order valence-corrected chi connectivity index (χ2v) is 23.1. The van der Waals surface area contributed by atoms with E-state index in [1.54, 1.807) is 33.2 Å². The number of ketones is 2. The molecule has 1 saturated heterocycles. The van der Waals surface area contributed by atoms with Gasteiger partial charge >= 0.3 is 0 Å². The number of carbonyl (C=O) groups excluding carboxylic acids is 5. The van der Waals surface area contributed by atoms with Crippen molar-refractivity contribution in [2.45, 2.75) is 162 Å². The molecule has 2 N–H and O–H groups in total. The average Bonchev–Trinajstić information content (AvgIpc) is 3.68. The predicted octanol–water partition coefficient (Wildman–Crippen LogP) is 6.93. The highest BCUT2D eigenvalue weighted by molar-refractivity contribution is 6.69. The fourth-order valence-electron chi connectivity index (χ4n) is 9.18. The number of methoxy groups -OCH3 is 2. The first-order chi connectivity index (χ1) is 28.0. The number of aliphatic hydroxyl groups excluding tert-OH is 1. The SMILES string of the molecule is CC[C@H](C)[C@@H]([C@@H](CC(=O)N1CCC[C@H]1[C@H](OC)[C@@H](C)C(=O)C[C@H](C)[C@@H](O)c1ccccc1)OC)N(C)C(=O)[C@@H](CC(=O)[C@H](C(C)C)N(C)C(=O)CCC[Si](C)(C)O)C(C)C. The van der Waals surface area contributed by atoms with Gasteiger partial charge in [-0.25, -0.2) is 0 Å². The minimum atomic E-state index is -2.30. The summed E-state index contributed by atoms with van der Waals surface area (Å²) in [6.07, 6.45) is 1.14. The minimum Gasteiger partial charge on any atom is -0.432 e. The first-order valence-electron chi connectivity index (χ1n) is 22.4. The molecule has 1 aliphatic heterocycles. The number of nitrogens with zero attached hydrogens (tertiary/aromatic N) is 3. The monoisotopic (exact) mass is 860 g/mol. The van der Waals surface area contributed by atoms with E-state index in [4.69, 9.17) is 9.47 Å². The maximum atomic E-state index is 14.6. The Morgan fingerprint density at radius 1 is 0.850 bits per heavy atom. The fourth-order valence-corrected chi connectivity index (χ4v) is 10.2. The number of hydrogen-bond donors (Lipinski definition) is 2. The third-order valence-corrected chi connectivity index (χ3v) is 14.6. The number of amides is 3. The van der Waals surface area contributed by atoms with Crippen LogP contribution in [0.15, 0.2) is 30.3 Å². The first-order valence-corrected chi connectivity index (χ1v) is 25.6. The van der Waals surface area contributed by atoms with Gasteiger partial charge in [0.05, 0.1) is 42.9 Å². The van der Waals surface area contributed by atoms with Gasteiger partial charge in [-0.05, 0) is 67.6 Å².